The van der Waals surface area contributed by atoms with Gasteiger partial charge in [0.1, 0.15) is 5.75 Å². The third-order valence-corrected chi connectivity index (χ3v) is 2.03. The zero-order valence-corrected chi connectivity index (χ0v) is 8.29. The summed E-state index contributed by atoms with van der Waals surface area (Å²) < 4.78 is 5.08. The van der Waals surface area contributed by atoms with E-state index in [-0.39, 0.29) is 6.17 Å². The SMILES string of the molecule is CNC(NC)c1ccc(OC)cc1. The summed E-state index contributed by atoms with van der Waals surface area (Å²) in [6.45, 7) is 0. The largest absolute Gasteiger partial charge is 0.497 e. The lowest BCUT2D eigenvalue weighted by Gasteiger charge is -2.15. The summed E-state index contributed by atoms with van der Waals surface area (Å²) in [5, 5.41) is 6.31. The third kappa shape index (κ3) is 2.44. The molecule has 13 heavy (non-hydrogen) atoms. The van der Waals surface area contributed by atoms with Crippen LogP contribution in [0.4, 0.5) is 0 Å². The van der Waals surface area contributed by atoms with Gasteiger partial charge in [0.05, 0.1) is 13.3 Å². The molecule has 0 aliphatic carbocycles. The van der Waals surface area contributed by atoms with Gasteiger partial charge in [-0.3, -0.25) is 0 Å². The first kappa shape index (κ1) is 10.0. The molecular weight excluding hydrogens is 164 g/mol. The molecule has 0 fully saturated rings. The van der Waals surface area contributed by atoms with Gasteiger partial charge in [-0.2, -0.15) is 0 Å². The quantitative estimate of drug-likeness (QED) is 0.681. The first-order valence-corrected chi connectivity index (χ1v) is 4.30. The summed E-state index contributed by atoms with van der Waals surface area (Å²) in [6.07, 6.45) is 0.200. The van der Waals surface area contributed by atoms with E-state index >= 15 is 0 Å². The molecule has 0 aromatic heterocycles. The molecule has 0 spiro atoms. The fourth-order valence-corrected chi connectivity index (χ4v) is 1.27. The fraction of sp³-hybridized carbons (Fsp3) is 0.400. The van der Waals surface area contributed by atoms with Crippen LogP contribution < -0.4 is 15.4 Å². The van der Waals surface area contributed by atoms with Crippen molar-refractivity contribution in [1.29, 1.82) is 0 Å². The average Bonchev–Trinajstić information content (AvgIpc) is 2.21. The maximum Gasteiger partial charge on any atom is 0.118 e. The Hall–Kier alpha value is -1.06. The van der Waals surface area contributed by atoms with Crippen molar-refractivity contribution in [2.45, 2.75) is 6.17 Å². The highest BCUT2D eigenvalue weighted by Crippen LogP contribution is 2.15. The molecule has 0 aliphatic rings. The summed E-state index contributed by atoms with van der Waals surface area (Å²) in [6, 6.07) is 7.99. The number of rotatable bonds is 4. The topological polar surface area (TPSA) is 33.3 Å². The first-order valence-electron chi connectivity index (χ1n) is 4.30. The number of benzene rings is 1. The van der Waals surface area contributed by atoms with Crippen LogP contribution in [0, 0.1) is 0 Å². The van der Waals surface area contributed by atoms with E-state index in [1.807, 2.05) is 38.4 Å². The summed E-state index contributed by atoms with van der Waals surface area (Å²) in [4.78, 5) is 0. The second-order valence-corrected chi connectivity index (χ2v) is 2.78. The van der Waals surface area contributed by atoms with Crippen molar-refractivity contribution < 1.29 is 4.74 Å². The van der Waals surface area contributed by atoms with E-state index < -0.39 is 0 Å². The Morgan fingerprint density at radius 3 is 2.00 bits per heavy atom. The van der Waals surface area contributed by atoms with E-state index in [1.54, 1.807) is 7.11 Å². The fourth-order valence-electron chi connectivity index (χ4n) is 1.27. The molecule has 3 nitrogen and oxygen atoms in total. The highest BCUT2D eigenvalue weighted by atomic mass is 16.5. The van der Waals surface area contributed by atoms with Crippen molar-refractivity contribution in [3.8, 4) is 5.75 Å². The van der Waals surface area contributed by atoms with Crippen molar-refractivity contribution in [2.75, 3.05) is 21.2 Å². The molecule has 0 radical (unpaired) electrons. The number of methoxy groups -OCH3 is 1. The van der Waals surface area contributed by atoms with E-state index in [4.69, 9.17) is 4.74 Å². The van der Waals surface area contributed by atoms with E-state index in [0.29, 0.717) is 0 Å². The Kier molecular flexibility index (Phi) is 3.73. The van der Waals surface area contributed by atoms with Crippen LogP contribution in [0.2, 0.25) is 0 Å². The predicted octanol–water partition coefficient (Wildman–Crippen LogP) is 1.13. The Bertz CT molecular complexity index is 242. The molecule has 0 atom stereocenters. The Labute approximate surface area is 79.1 Å². The van der Waals surface area contributed by atoms with Crippen molar-refractivity contribution in [2.24, 2.45) is 0 Å². The van der Waals surface area contributed by atoms with E-state index in [2.05, 4.69) is 10.6 Å². The van der Waals surface area contributed by atoms with Gasteiger partial charge < -0.3 is 15.4 Å². The van der Waals surface area contributed by atoms with E-state index in [9.17, 15) is 0 Å². The second-order valence-electron chi connectivity index (χ2n) is 2.78. The van der Waals surface area contributed by atoms with Crippen LogP contribution >= 0.6 is 0 Å². The van der Waals surface area contributed by atoms with Crippen molar-refractivity contribution in [1.82, 2.24) is 10.6 Å². The minimum Gasteiger partial charge on any atom is -0.497 e. The maximum atomic E-state index is 5.08. The van der Waals surface area contributed by atoms with Crippen LogP contribution in [-0.2, 0) is 0 Å². The second kappa shape index (κ2) is 4.84. The Balaban J connectivity index is 2.78. The van der Waals surface area contributed by atoms with Gasteiger partial charge in [-0.05, 0) is 31.8 Å². The van der Waals surface area contributed by atoms with Crippen LogP contribution in [0.25, 0.3) is 0 Å². The average molecular weight is 180 g/mol. The van der Waals surface area contributed by atoms with Crippen molar-refractivity contribution >= 4 is 0 Å². The number of hydrogen-bond donors (Lipinski definition) is 2. The van der Waals surface area contributed by atoms with Crippen molar-refractivity contribution in [3.63, 3.8) is 0 Å². The van der Waals surface area contributed by atoms with Crippen LogP contribution in [0.3, 0.4) is 0 Å². The molecule has 1 aromatic rings. The summed E-state index contributed by atoms with van der Waals surface area (Å²) in [5.41, 5.74) is 1.20. The van der Waals surface area contributed by atoms with Gasteiger partial charge in [-0.15, -0.1) is 0 Å². The predicted molar refractivity (Wildman–Crippen MR) is 53.9 cm³/mol. The number of hydrogen-bond acceptors (Lipinski definition) is 3. The Morgan fingerprint density at radius 1 is 1.08 bits per heavy atom. The molecular formula is C10H16N2O. The minimum absolute atomic E-state index is 0.200. The molecule has 1 rings (SSSR count). The highest BCUT2D eigenvalue weighted by Gasteiger charge is 2.04. The summed E-state index contributed by atoms with van der Waals surface area (Å²) >= 11 is 0. The zero-order valence-electron chi connectivity index (χ0n) is 8.29. The van der Waals surface area contributed by atoms with Gasteiger partial charge in [0.15, 0.2) is 0 Å². The van der Waals surface area contributed by atoms with Gasteiger partial charge in [0.2, 0.25) is 0 Å². The lowest BCUT2D eigenvalue weighted by molar-refractivity contribution is 0.414. The van der Waals surface area contributed by atoms with Crippen LogP contribution in [0.1, 0.15) is 11.7 Å². The molecule has 3 heteroatoms. The lowest BCUT2D eigenvalue weighted by Crippen LogP contribution is -2.28. The monoisotopic (exact) mass is 180 g/mol. The standard InChI is InChI=1S/C10H16N2O/c1-11-10(12-2)8-4-6-9(13-3)7-5-8/h4-7,10-12H,1-3H3. The number of ether oxygens (including phenoxy) is 1. The molecule has 72 valence electrons. The minimum atomic E-state index is 0.200. The van der Waals surface area contributed by atoms with Gasteiger partial charge in [-0.25, -0.2) is 0 Å². The van der Waals surface area contributed by atoms with Crippen LogP contribution in [0.15, 0.2) is 24.3 Å². The van der Waals surface area contributed by atoms with Gasteiger partial charge in [0.25, 0.3) is 0 Å². The van der Waals surface area contributed by atoms with Crippen LogP contribution in [0.5, 0.6) is 5.75 Å². The molecule has 0 saturated carbocycles. The molecule has 2 N–H and O–H groups in total. The molecule has 0 bridgehead atoms. The molecule has 1 aromatic carbocycles. The maximum absolute atomic E-state index is 5.08. The smallest absolute Gasteiger partial charge is 0.118 e. The molecule has 0 unspecified atom stereocenters. The lowest BCUT2D eigenvalue weighted by atomic mass is 10.1. The Morgan fingerprint density at radius 2 is 1.62 bits per heavy atom. The highest BCUT2D eigenvalue weighted by molar-refractivity contribution is 5.28. The summed E-state index contributed by atoms with van der Waals surface area (Å²) in [7, 11) is 5.51. The zero-order chi connectivity index (χ0) is 9.68. The van der Waals surface area contributed by atoms with Crippen molar-refractivity contribution in [3.05, 3.63) is 29.8 Å². The van der Waals surface area contributed by atoms with Gasteiger partial charge >= 0.3 is 0 Å². The third-order valence-electron chi connectivity index (χ3n) is 2.03. The summed E-state index contributed by atoms with van der Waals surface area (Å²) in [5.74, 6) is 0.884. The van der Waals surface area contributed by atoms with Crippen LogP contribution in [-0.4, -0.2) is 21.2 Å². The first-order chi connectivity index (χ1) is 6.31. The molecule has 0 amide bonds. The molecule has 0 aliphatic heterocycles. The normalized spacial score (nSPS) is 10.5. The van der Waals surface area contributed by atoms with E-state index in [1.165, 1.54) is 5.56 Å². The number of nitrogens with one attached hydrogen (secondary N) is 2. The van der Waals surface area contributed by atoms with Gasteiger partial charge in [-0.1, -0.05) is 12.1 Å². The van der Waals surface area contributed by atoms with Gasteiger partial charge in [0, 0.05) is 0 Å². The molecule has 0 heterocycles. The van der Waals surface area contributed by atoms with E-state index in [0.717, 1.165) is 5.75 Å². The molecule has 0 saturated heterocycles.